The van der Waals surface area contributed by atoms with Gasteiger partial charge in [0.25, 0.3) is 0 Å². The summed E-state index contributed by atoms with van der Waals surface area (Å²) in [7, 11) is 0. The van der Waals surface area contributed by atoms with E-state index in [2.05, 4.69) is 50.1 Å². The smallest absolute Gasteiger partial charge is 0.421 e. The van der Waals surface area contributed by atoms with E-state index in [1.807, 2.05) is 12.1 Å². The number of unbranched alkanes of at least 4 members (excludes halogenated alkanes) is 3. The quantitative estimate of drug-likeness (QED) is 0.200. The highest BCUT2D eigenvalue weighted by atomic mass is 127. The molecule has 0 saturated heterocycles. The van der Waals surface area contributed by atoms with Crippen molar-refractivity contribution in [1.29, 1.82) is 0 Å². The SMILES string of the molecule is CCCCCCOc1ccccc1Nc1nc(Nc2ccc(I)cc2)ncc1C(F)(F)F. The largest absolute Gasteiger partial charge is 0.491 e. The van der Waals surface area contributed by atoms with Gasteiger partial charge in [0.1, 0.15) is 17.1 Å². The van der Waals surface area contributed by atoms with Crippen LogP contribution in [0.5, 0.6) is 5.75 Å². The first kappa shape index (κ1) is 24.1. The molecule has 3 rings (SSSR count). The molecule has 2 N–H and O–H groups in total. The van der Waals surface area contributed by atoms with E-state index in [4.69, 9.17) is 4.74 Å². The third-order valence-electron chi connectivity index (χ3n) is 4.59. The number of rotatable bonds is 10. The Labute approximate surface area is 199 Å². The number of hydrogen-bond donors (Lipinski definition) is 2. The van der Waals surface area contributed by atoms with Crippen LogP contribution in [0.1, 0.15) is 38.2 Å². The molecule has 0 saturated carbocycles. The number of halogens is 4. The van der Waals surface area contributed by atoms with Crippen LogP contribution in [0.15, 0.2) is 54.7 Å². The van der Waals surface area contributed by atoms with E-state index in [0.717, 1.165) is 35.5 Å². The second-order valence-corrected chi connectivity index (χ2v) is 8.36. The molecule has 170 valence electrons. The van der Waals surface area contributed by atoms with Crippen molar-refractivity contribution in [2.45, 2.75) is 38.8 Å². The molecule has 32 heavy (non-hydrogen) atoms. The number of nitrogens with one attached hydrogen (secondary N) is 2. The number of aromatic nitrogens is 2. The van der Waals surface area contributed by atoms with Crippen LogP contribution in [0.2, 0.25) is 0 Å². The van der Waals surface area contributed by atoms with Gasteiger partial charge in [-0.2, -0.15) is 18.2 Å². The van der Waals surface area contributed by atoms with Crippen LogP contribution < -0.4 is 15.4 Å². The maximum Gasteiger partial charge on any atom is 0.421 e. The summed E-state index contributed by atoms with van der Waals surface area (Å²) in [5.41, 5.74) is 0.128. The van der Waals surface area contributed by atoms with Crippen molar-refractivity contribution in [2.24, 2.45) is 0 Å². The monoisotopic (exact) mass is 556 g/mol. The topological polar surface area (TPSA) is 59.1 Å². The summed E-state index contributed by atoms with van der Waals surface area (Å²) >= 11 is 2.17. The molecule has 9 heteroatoms. The summed E-state index contributed by atoms with van der Waals surface area (Å²) in [6.45, 7) is 2.62. The van der Waals surface area contributed by atoms with Gasteiger partial charge in [-0.25, -0.2) is 4.98 Å². The first-order chi connectivity index (χ1) is 15.4. The van der Waals surface area contributed by atoms with Gasteiger partial charge >= 0.3 is 6.18 Å². The Morgan fingerprint density at radius 1 is 0.969 bits per heavy atom. The van der Waals surface area contributed by atoms with Crippen LogP contribution in [0.3, 0.4) is 0 Å². The Kier molecular flexibility index (Phi) is 8.54. The fourth-order valence-electron chi connectivity index (χ4n) is 2.94. The fraction of sp³-hybridized carbons (Fsp3) is 0.304. The molecule has 0 fully saturated rings. The molecule has 0 atom stereocenters. The minimum Gasteiger partial charge on any atom is -0.491 e. The van der Waals surface area contributed by atoms with Gasteiger partial charge in [0.05, 0.1) is 12.3 Å². The molecule has 0 aliphatic heterocycles. The molecule has 0 unspecified atom stereocenters. The van der Waals surface area contributed by atoms with Crippen molar-refractivity contribution in [3.63, 3.8) is 0 Å². The lowest BCUT2D eigenvalue weighted by molar-refractivity contribution is -0.137. The highest BCUT2D eigenvalue weighted by molar-refractivity contribution is 14.1. The second kappa shape index (κ2) is 11.3. The number of alkyl halides is 3. The number of benzene rings is 2. The third kappa shape index (κ3) is 6.98. The van der Waals surface area contributed by atoms with Crippen molar-refractivity contribution in [1.82, 2.24) is 9.97 Å². The summed E-state index contributed by atoms with van der Waals surface area (Å²) in [6.07, 6.45) is 0.329. The average Bonchev–Trinajstić information content (AvgIpc) is 2.76. The lowest BCUT2D eigenvalue weighted by Gasteiger charge is -2.17. The Hall–Kier alpha value is -2.56. The van der Waals surface area contributed by atoms with Crippen LogP contribution in [-0.2, 0) is 6.18 Å². The molecule has 0 spiro atoms. The molecule has 0 amide bonds. The van der Waals surface area contributed by atoms with E-state index < -0.39 is 11.7 Å². The van der Waals surface area contributed by atoms with E-state index in [9.17, 15) is 13.2 Å². The lowest BCUT2D eigenvalue weighted by atomic mass is 10.2. The fourth-order valence-corrected chi connectivity index (χ4v) is 3.30. The van der Waals surface area contributed by atoms with Gasteiger partial charge in [0.2, 0.25) is 5.95 Å². The number of para-hydroxylation sites is 2. The summed E-state index contributed by atoms with van der Waals surface area (Å²) < 4.78 is 47.7. The van der Waals surface area contributed by atoms with Gasteiger partial charge in [-0.3, -0.25) is 0 Å². The van der Waals surface area contributed by atoms with Crippen LogP contribution >= 0.6 is 22.6 Å². The number of hydrogen-bond acceptors (Lipinski definition) is 5. The van der Waals surface area contributed by atoms with Gasteiger partial charge in [-0.05, 0) is 65.4 Å². The average molecular weight is 556 g/mol. The highest BCUT2D eigenvalue weighted by Gasteiger charge is 2.35. The molecular formula is C23H24F3IN4O. The minimum absolute atomic E-state index is 0.0553. The number of nitrogens with zero attached hydrogens (tertiary/aromatic N) is 2. The lowest BCUT2D eigenvalue weighted by Crippen LogP contribution is -2.13. The summed E-state index contributed by atoms with van der Waals surface area (Å²) in [6, 6.07) is 14.2. The summed E-state index contributed by atoms with van der Waals surface area (Å²) in [4.78, 5) is 7.95. The maximum absolute atomic E-state index is 13.6. The Balaban J connectivity index is 1.83. The molecule has 1 heterocycles. The van der Waals surface area contributed by atoms with E-state index in [-0.39, 0.29) is 11.8 Å². The normalized spacial score (nSPS) is 11.3. The van der Waals surface area contributed by atoms with E-state index in [1.165, 1.54) is 0 Å². The second-order valence-electron chi connectivity index (χ2n) is 7.12. The van der Waals surface area contributed by atoms with E-state index in [1.54, 1.807) is 36.4 Å². The predicted molar refractivity (Wildman–Crippen MR) is 129 cm³/mol. The number of anilines is 4. The third-order valence-corrected chi connectivity index (χ3v) is 5.31. The Bertz CT molecular complexity index is 1010. The van der Waals surface area contributed by atoms with Crippen LogP contribution in [0.4, 0.5) is 36.3 Å². The molecule has 2 aromatic carbocycles. The molecule has 5 nitrogen and oxygen atoms in total. The predicted octanol–water partition coefficient (Wildman–Crippen LogP) is 7.55. The first-order valence-corrected chi connectivity index (χ1v) is 11.4. The summed E-state index contributed by atoms with van der Waals surface area (Å²) in [5, 5.41) is 5.74. The van der Waals surface area contributed by atoms with Crippen molar-refractivity contribution in [2.75, 3.05) is 17.2 Å². The zero-order valence-electron chi connectivity index (χ0n) is 17.5. The van der Waals surface area contributed by atoms with Gasteiger partial charge < -0.3 is 15.4 Å². The van der Waals surface area contributed by atoms with Crippen molar-refractivity contribution in [3.05, 3.63) is 63.9 Å². The molecule has 0 aliphatic carbocycles. The van der Waals surface area contributed by atoms with Crippen LogP contribution in [-0.4, -0.2) is 16.6 Å². The van der Waals surface area contributed by atoms with E-state index in [0.29, 0.717) is 23.7 Å². The minimum atomic E-state index is -4.61. The molecule has 1 aromatic heterocycles. The highest BCUT2D eigenvalue weighted by Crippen LogP contribution is 2.37. The molecule has 3 aromatic rings. The van der Waals surface area contributed by atoms with Crippen molar-refractivity contribution < 1.29 is 17.9 Å². The zero-order valence-corrected chi connectivity index (χ0v) is 19.7. The van der Waals surface area contributed by atoms with Gasteiger partial charge in [0.15, 0.2) is 0 Å². The van der Waals surface area contributed by atoms with Gasteiger partial charge in [-0.15, -0.1) is 0 Å². The molecule has 0 radical (unpaired) electrons. The van der Waals surface area contributed by atoms with E-state index >= 15 is 0 Å². The zero-order chi connectivity index (χ0) is 23.0. The van der Waals surface area contributed by atoms with Gasteiger partial charge in [0, 0.05) is 15.5 Å². The first-order valence-electron chi connectivity index (χ1n) is 10.3. The summed E-state index contributed by atoms with van der Waals surface area (Å²) in [5.74, 6) is 0.185. The standard InChI is InChI=1S/C23H24F3IN4O/c1-2-3-4-7-14-32-20-9-6-5-8-19(20)30-21-18(23(24,25)26)15-28-22(31-21)29-17-12-10-16(27)11-13-17/h5-6,8-13,15H,2-4,7,14H2,1H3,(H2,28,29,30,31). The Morgan fingerprint density at radius 2 is 1.72 bits per heavy atom. The maximum atomic E-state index is 13.6. The Morgan fingerprint density at radius 3 is 2.44 bits per heavy atom. The van der Waals surface area contributed by atoms with Crippen LogP contribution in [0, 0.1) is 3.57 Å². The van der Waals surface area contributed by atoms with Crippen molar-refractivity contribution >= 4 is 45.7 Å². The molecule has 0 aliphatic rings. The molecular weight excluding hydrogens is 532 g/mol. The molecule has 0 bridgehead atoms. The van der Waals surface area contributed by atoms with Crippen LogP contribution in [0.25, 0.3) is 0 Å². The van der Waals surface area contributed by atoms with Crippen molar-refractivity contribution in [3.8, 4) is 5.75 Å². The number of ether oxygens (including phenoxy) is 1. The van der Waals surface area contributed by atoms with Gasteiger partial charge in [-0.1, -0.05) is 38.3 Å².